The summed E-state index contributed by atoms with van der Waals surface area (Å²) >= 11 is 2.98. The summed E-state index contributed by atoms with van der Waals surface area (Å²) in [4.78, 5) is 12.6. The Hall–Kier alpha value is -0.890. The molecule has 0 bridgehead atoms. The maximum Gasteiger partial charge on any atom is 0.313 e. The second-order valence-electron chi connectivity index (χ2n) is 3.62. The Morgan fingerprint density at radius 2 is 2.22 bits per heavy atom. The van der Waals surface area contributed by atoms with Crippen molar-refractivity contribution in [3.05, 3.63) is 0 Å². The van der Waals surface area contributed by atoms with Crippen LogP contribution < -0.4 is 4.90 Å². The van der Waals surface area contributed by atoms with E-state index < -0.39 is 5.97 Å². The third-order valence-corrected chi connectivity index (χ3v) is 3.85. The molecule has 0 fully saturated rings. The zero-order chi connectivity index (χ0) is 13.5. The first kappa shape index (κ1) is 15.2. The van der Waals surface area contributed by atoms with Crippen molar-refractivity contribution in [2.45, 2.75) is 18.6 Å². The zero-order valence-electron chi connectivity index (χ0n) is 10.8. The highest BCUT2D eigenvalue weighted by Crippen LogP contribution is 2.21. The van der Waals surface area contributed by atoms with Crippen molar-refractivity contribution < 1.29 is 9.90 Å². The molecule has 0 atom stereocenters. The van der Waals surface area contributed by atoms with E-state index in [9.17, 15) is 4.79 Å². The molecule has 0 unspecified atom stereocenters. The molecular formula is C10H18N4O2S2. The first-order valence-electron chi connectivity index (χ1n) is 5.58. The predicted molar refractivity (Wildman–Crippen MR) is 75.7 cm³/mol. The van der Waals surface area contributed by atoms with Gasteiger partial charge in [-0.3, -0.25) is 9.36 Å². The number of nitrogens with zero attached hydrogens (tertiary/aromatic N) is 4. The summed E-state index contributed by atoms with van der Waals surface area (Å²) in [5, 5.41) is 17.5. The molecule has 0 aliphatic heterocycles. The molecule has 0 saturated carbocycles. The molecule has 0 spiro atoms. The number of anilines is 1. The van der Waals surface area contributed by atoms with Crippen LogP contribution >= 0.6 is 23.5 Å². The van der Waals surface area contributed by atoms with E-state index >= 15 is 0 Å². The molecule has 0 aromatic carbocycles. The van der Waals surface area contributed by atoms with Crippen molar-refractivity contribution in [3.8, 4) is 0 Å². The maximum absolute atomic E-state index is 10.6. The van der Waals surface area contributed by atoms with E-state index in [0.717, 1.165) is 24.8 Å². The molecule has 0 amide bonds. The van der Waals surface area contributed by atoms with Crippen LogP contribution in [0.4, 0.5) is 5.95 Å². The molecular weight excluding hydrogens is 272 g/mol. The molecule has 0 aliphatic carbocycles. The fourth-order valence-electron chi connectivity index (χ4n) is 1.40. The summed E-state index contributed by atoms with van der Waals surface area (Å²) in [7, 11) is 1.97. The van der Waals surface area contributed by atoms with E-state index in [0.29, 0.717) is 5.16 Å². The van der Waals surface area contributed by atoms with E-state index in [2.05, 4.69) is 16.5 Å². The molecule has 1 N–H and O–H groups in total. The van der Waals surface area contributed by atoms with E-state index in [1.54, 1.807) is 11.8 Å². The van der Waals surface area contributed by atoms with E-state index in [4.69, 9.17) is 5.11 Å². The number of carboxylic acids is 1. The smallest absolute Gasteiger partial charge is 0.313 e. The highest BCUT2D eigenvalue weighted by Gasteiger charge is 2.15. The molecule has 1 rings (SSSR count). The van der Waals surface area contributed by atoms with Gasteiger partial charge in [-0.25, -0.2) is 0 Å². The molecule has 0 radical (unpaired) electrons. The van der Waals surface area contributed by atoms with Gasteiger partial charge >= 0.3 is 5.97 Å². The molecule has 0 saturated heterocycles. The fourth-order valence-corrected chi connectivity index (χ4v) is 2.58. The molecule has 0 aliphatic rings. The van der Waals surface area contributed by atoms with Crippen molar-refractivity contribution in [3.63, 3.8) is 0 Å². The largest absolute Gasteiger partial charge is 0.481 e. The van der Waals surface area contributed by atoms with Crippen molar-refractivity contribution in [2.75, 3.05) is 36.3 Å². The Bertz CT molecular complexity index is 397. The van der Waals surface area contributed by atoms with Gasteiger partial charge in [-0.2, -0.15) is 11.8 Å². The average Bonchev–Trinajstić information content (AvgIpc) is 2.76. The van der Waals surface area contributed by atoms with Gasteiger partial charge in [-0.1, -0.05) is 11.8 Å². The number of hydrogen-bond acceptors (Lipinski definition) is 6. The second kappa shape index (κ2) is 7.52. The van der Waals surface area contributed by atoms with Gasteiger partial charge in [0.05, 0.1) is 5.75 Å². The Balaban J connectivity index is 2.77. The minimum atomic E-state index is -0.844. The Morgan fingerprint density at radius 1 is 1.50 bits per heavy atom. The standard InChI is InChI=1S/C10H18N4O2S2/c1-4-14-9(13(2)5-6-17-3)11-12-10(14)18-7-8(15)16/h4-7H2,1-3H3,(H,15,16). The highest BCUT2D eigenvalue weighted by molar-refractivity contribution is 7.99. The van der Waals surface area contributed by atoms with E-state index in [1.165, 1.54) is 11.8 Å². The van der Waals surface area contributed by atoms with Crippen LogP contribution in [-0.4, -0.2) is 57.2 Å². The van der Waals surface area contributed by atoms with Crippen molar-refractivity contribution in [1.29, 1.82) is 0 Å². The van der Waals surface area contributed by atoms with Gasteiger partial charge in [0.1, 0.15) is 0 Å². The molecule has 6 nitrogen and oxygen atoms in total. The maximum atomic E-state index is 10.6. The number of aliphatic carboxylic acids is 1. The summed E-state index contributed by atoms with van der Waals surface area (Å²) in [6.07, 6.45) is 2.06. The minimum absolute atomic E-state index is 0.00661. The average molecular weight is 290 g/mol. The predicted octanol–water partition coefficient (Wildman–Crippen LogP) is 1.27. The number of carboxylic acid groups (broad SMARTS) is 1. The summed E-state index contributed by atoms with van der Waals surface area (Å²) < 4.78 is 1.94. The molecule has 1 aromatic heterocycles. The Morgan fingerprint density at radius 3 is 2.78 bits per heavy atom. The molecule has 1 aromatic rings. The Kier molecular flexibility index (Phi) is 6.34. The van der Waals surface area contributed by atoms with Crippen LogP contribution in [0.25, 0.3) is 0 Å². The second-order valence-corrected chi connectivity index (χ2v) is 5.55. The van der Waals surface area contributed by atoms with Gasteiger partial charge in [0.2, 0.25) is 5.95 Å². The van der Waals surface area contributed by atoms with Gasteiger partial charge < -0.3 is 10.0 Å². The number of carbonyl (C=O) groups is 1. The minimum Gasteiger partial charge on any atom is -0.481 e. The summed E-state index contributed by atoms with van der Waals surface area (Å²) in [6, 6.07) is 0. The lowest BCUT2D eigenvalue weighted by molar-refractivity contribution is -0.133. The molecule has 102 valence electrons. The third kappa shape index (κ3) is 4.09. The number of aromatic nitrogens is 3. The van der Waals surface area contributed by atoms with Gasteiger partial charge in [0.25, 0.3) is 0 Å². The summed E-state index contributed by atoms with van der Waals surface area (Å²) in [5.74, 6) is 0.972. The van der Waals surface area contributed by atoms with Gasteiger partial charge in [-0.15, -0.1) is 10.2 Å². The summed E-state index contributed by atoms with van der Waals surface area (Å²) in [5.41, 5.74) is 0. The molecule has 18 heavy (non-hydrogen) atoms. The van der Waals surface area contributed by atoms with Gasteiger partial charge in [0, 0.05) is 25.9 Å². The van der Waals surface area contributed by atoms with Crippen molar-refractivity contribution in [1.82, 2.24) is 14.8 Å². The van der Waals surface area contributed by atoms with Crippen LogP contribution in [0.2, 0.25) is 0 Å². The van der Waals surface area contributed by atoms with Crippen molar-refractivity contribution in [2.24, 2.45) is 0 Å². The van der Waals surface area contributed by atoms with E-state index in [-0.39, 0.29) is 5.75 Å². The first-order chi connectivity index (χ1) is 8.60. The molecule has 1 heterocycles. The van der Waals surface area contributed by atoms with Crippen LogP contribution in [0.3, 0.4) is 0 Å². The fraction of sp³-hybridized carbons (Fsp3) is 0.700. The van der Waals surface area contributed by atoms with Gasteiger partial charge in [0.15, 0.2) is 5.16 Å². The Labute approximate surface area is 115 Å². The monoisotopic (exact) mass is 290 g/mol. The van der Waals surface area contributed by atoms with Crippen LogP contribution in [-0.2, 0) is 11.3 Å². The SMILES string of the molecule is CCn1c(SCC(=O)O)nnc1N(C)CCSC. The lowest BCUT2D eigenvalue weighted by Crippen LogP contribution is -2.24. The van der Waals surface area contributed by atoms with Crippen LogP contribution in [0.1, 0.15) is 6.92 Å². The topological polar surface area (TPSA) is 71.2 Å². The third-order valence-electron chi connectivity index (χ3n) is 2.31. The lowest BCUT2D eigenvalue weighted by Gasteiger charge is -2.18. The quantitative estimate of drug-likeness (QED) is 0.723. The summed E-state index contributed by atoms with van der Waals surface area (Å²) in [6.45, 7) is 3.62. The van der Waals surface area contributed by atoms with Crippen molar-refractivity contribution >= 4 is 35.4 Å². The number of thioether (sulfide) groups is 2. The highest BCUT2D eigenvalue weighted by atomic mass is 32.2. The van der Waals surface area contributed by atoms with E-state index in [1.807, 2.05) is 23.4 Å². The van der Waals surface area contributed by atoms with Crippen LogP contribution in [0, 0.1) is 0 Å². The number of hydrogen-bond donors (Lipinski definition) is 1. The normalized spacial score (nSPS) is 10.6. The number of rotatable bonds is 8. The lowest BCUT2D eigenvalue weighted by atomic mass is 10.6. The van der Waals surface area contributed by atoms with Crippen LogP contribution in [0.5, 0.6) is 0 Å². The van der Waals surface area contributed by atoms with Crippen LogP contribution in [0.15, 0.2) is 5.16 Å². The first-order valence-corrected chi connectivity index (χ1v) is 7.96. The molecule has 8 heteroatoms. The zero-order valence-corrected chi connectivity index (χ0v) is 12.4. The van der Waals surface area contributed by atoms with Gasteiger partial charge in [-0.05, 0) is 13.2 Å².